The van der Waals surface area contributed by atoms with Gasteiger partial charge in [-0.15, -0.1) is 35.3 Å². The number of halogens is 1. The van der Waals surface area contributed by atoms with Gasteiger partial charge in [0.25, 0.3) is 0 Å². The first-order valence-corrected chi connectivity index (χ1v) is 11.4. The van der Waals surface area contributed by atoms with Crippen LogP contribution in [0.15, 0.2) is 22.5 Å². The third kappa shape index (κ3) is 7.29. The number of amides is 1. The molecule has 0 aromatic carbocycles. The number of nitrogens with zero attached hydrogens (tertiary/aromatic N) is 4. The van der Waals surface area contributed by atoms with Gasteiger partial charge in [-0.1, -0.05) is 0 Å². The highest BCUT2D eigenvalue weighted by Gasteiger charge is 2.23. The van der Waals surface area contributed by atoms with Crippen LogP contribution in [0.5, 0.6) is 0 Å². The Balaban J connectivity index is 0.00000300. The first kappa shape index (κ1) is 24.2. The highest BCUT2D eigenvalue weighted by molar-refractivity contribution is 14.0. The van der Waals surface area contributed by atoms with E-state index in [9.17, 15) is 4.79 Å². The largest absolute Gasteiger partial charge is 0.369 e. The number of nitrogens with two attached hydrogens (primary N) is 1. The number of hydrogen-bond donors (Lipinski definition) is 2. The number of piperazine rings is 1. The van der Waals surface area contributed by atoms with Gasteiger partial charge in [0.15, 0.2) is 5.96 Å². The van der Waals surface area contributed by atoms with E-state index in [1.165, 1.54) is 5.00 Å². The van der Waals surface area contributed by atoms with Crippen LogP contribution < -0.4 is 16.0 Å². The summed E-state index contributed by atoms with van der Waals surface area (Å²) < 4.78 is 0. The molecule has 3 heterocycles. The van der Waals surface area contributed by atoms with Crippen molar-refractivity contribution in [2.24, 2.45) is 16.6 Å². The second-order valence-corrected chi connectivity index (χ2v) is 8.48. The maximum absolute atomic E-state index is 11.4. The molecule has 9 heteroatoms. The lowest BCUT2D eigenvalue weighted by Gasteiger charge is -2.37. The fourth-order valence-electron chi connectivity index (χ4n) is 3.98. The topological polar surface area (TPSA) is 77.2 Å². The maximum atomic E-state index is 11.4. The quantitative estimate of drug-likeness (QED) is 0.243. The van der Waals surface area contributed by atoms with Crippen LogP contribution in [0.1, 0.15) is 26.2 Å². The number of piperidine rings is 1. The number of thiophene rings is 1. The molecular formula is C20H35IN6OS. The molecule has 0 spiro atoms. The number of primary amides is 1. The Kier molecular flexibility index (Phi) is 10.5. The molecule has 2 fully saturated rings. The standard InChI is InChI=1S/C20H34N6OS.HI/c1-2-22-20(26-13-11-25(12-14-26)18-7-4-15-28-18)23-8-5-10-24-9-3-6-17(16-24)19(21)27;/h4,7,15,17H,2-3,5-6,8-14,16H2,1H3,(H2,21,27)(H,22,23);1H. The van der Waals surface area contributed by atoms with Gasteiger partial charge in [-0.25, -0.2) is 0 Å². The van der Waals surface area contributed by atoms with Crippen LogP contribution in [0.25, 0.3) is 0 Å². The predicted molar refractivity (Wildman–Crippen MR) is 132 cm³/mol. The van der Waals surface area contributed by atoms with Gasteiger partial charge >= 0.3 is 0 Å². The average Bonchev–Trinajstić information content (AvgIpc) is 3.25. The molecular weight excluding hydrogens is 499 g/mol. The van der Waals surface area contributed by atoms with Crippen molar-refractivity contribution in [2.75, 3.05) is 63.8 Å². The SMILES string of the molecule is CCNC(=NCCCN1CCCC(C(N)=O)C1)N1CCN(c2cccs2)CC1.I. The monoisotopic (exact) mass is 534 g/mol. The molecule has 1 aromatic rings. The van der Waals surface area contributed by atoms with Crippen LogP contribution in [-0.4, -0.2) is 80.6 Å². The van der Waals surface area contributed by atoms with Crippen LogP contribution in [0.3, 0.4) is 0 Å². The van der Waals surface area contributed by atoms with Gasteiger partial charge in [0.1, 0.15) is 0 Å². The predicted octanol–water partition coefficient (Wildman–Crippen LogP) is 2.04. The summed E-state index contributed by atoms with van der Waals surface area (Å²) in [6.45, 7) is 10.7. The molecule has 0 radical (unpaired) electrons. The zero-order valence-electron chi connectivity index (χ0n) is 17.4. The van der Waals surface area contributed by atoms with Crippen molar-refractivity contribution in [1.82, 2.24) is 15.1 Å². The van der Waals surface area contributed by atoms with E-state index in [0.717, 1.165) is 84.1 Å². The summed E-state index contributed by atoms with van der Waals surface area (Å²) in [4.78, 5) is 23.5. The van der Waals surface area contributed by atoms with Crippen molar-refractivity contribution < 1.29 is 4.79 Å². The summed E-state index contributed by atoms with van der Waals surface area (Å²) in [5.74, 6) is 0.898. The third-order valence-electron chi connectivity index (χ3n) is 5.53. The Hall–Kier alpha value is -1.07. The van der Waals surface area contributed by atoms with Crippen molar-refractivity contribution in [3.63, 3.8) is 0 Å². The van der Waals surface area contributed by atoms with Crippen molar-refractivity contribution in [3.8, 4) is 0 Å². The van der Waals surface area contributed by atoms with Gasteiger partial charge in [-0.3, -0.25) is 9.79 Å². The van der Waals surface area contributed by atoms with Gasteiger partial charge in [-0.05, 0) is 56.8 Å². The normalized spacial score (nSPS) is 21.0. The summed E-state index contributed by atoms with van der Waals surface area (Å²) in [7, 11) is 0. The molecule has 0 saturated carbocycles. The summed E-state index contributed by atoms with van der Waals surface area (Å²) >= 11 is 1.81. The maximum Gasteiger partial charge on any atom is 0.221 e. The Morgan fingerprint density at radius 2 is 2.10 bits per heavy atom. The molecule has 164 valence electrons. The number of guanidine groups is 1. The van der Waals surface area contributed by atoms with Gasteiger partial charge in [-0.2, -0.15) is 0 Å². The number of rotatable bonds is 7. The average molecular weight is 535 g/mol. The zero-order chi connectivity index (χ0) is 19.8. The van der Waals surface area contributed by atoms with Crippen LogP contribution in [-0.2, 0) is 4.79 Å². The molecule has 1 unspecified atom stereocenters. The van der Waals surface area contributed by atoms with Gasteiger partial charge in [0, 0.05) is 45.8 Å². The van der Waals surface area contributed by atoms with Crippen LogP contribution in [0.4, 0.5) is 5.00 Å². The van der Waals surface area contributed by atoms with E-state index >= 15 is 0 Å². The van der Waals surface area contributed by atoms with Crippen molar-refractivity contribution in [3.05, 3.63) is 17.5 Å². The summed E-state index contributed by atoms with van der Waals surface area (Å²) in [5, 5.41) is 6.95. The van der Waals surface area contributed by atoms with Gasteiger partial charge in [0.05, 0.1) is 10.9 Å². The van der Waals surface area contributed by atoms with Crippen molar-refractivity contribution in [1.29, 1.82) is 0 Å². The molecule has 0 bridgehead atoms. The minimum atomic E-state index is -0.154. The Morgan fingerprint density at radius 3 is 2.76 bits per heavy atom. The Morgan fingerprint density at radius 1 is 1.31 bits per heavy atom. The minimum Gasteiger partial charge on any atom is -0.369 e. The molecule has 7 nitrogen and oxygen atoms in total. The molecule has 1 amide bonds. The number of carbonyl (C=O) groups is 1. The minimum absolute atomic E-state index is 0. The Bertz CT molecular complexity index is 633. The van der Waals surface area contributed by atoms with E-state index in [1.807, 2.05) is 11.3 Å². The lowest BCUT2D eigenvalue weighted by atomic mass is 9.97. The fourth-order valence-corrected chi connectivity index (χ4v) is 4.77. The molecule has 2 saturated heterocycles. The van der Waals surface area contributed by atoms with E-state index in [-0.39, 0.29) is 35.8 Å². The number of hydrogen-bond acceptors (Lipinski definition) is 5. The fraction of sp³-hybridized carbons (Fsp3) is 0.700. The molecule has 1 atom stereocenters. The molecule has 3 rings (SSSR count). The van der Waals surface area contributed by atoms with Gasteiger partial charge < -0.3 is 25.8 Å². The lowest BCUT2D eigenvalue weighted by Crippen LogP contribution is -2.52. The van der Waals surface area contributed by atoms with E-state index in [1.54, 1.807) is 0 Å². The zero-order valence-corrected chi connectivity index (χ0v) is 20.5. The second kappa shape index (κ2) is 12.6. The molecule has 2 aliphatic rings. The van der Waals surface area contributed by atoms with E-state index in [4.69, 9.17) is 10.7 Å². The molecule has 2 aliphatic heterocycles. The van der Waals surface area contributed by atoms with Crippen molar-refractivity contribution in [2.45, 2.75) is 26.2 Å². The third-order valence-corrected chi connectivity index (χ3v) is 6.46. The number of aliphatic imine (C=N–C) groups is 1. The van der Waals surface area contributed by atoms with Crippen LogP contribution in [0, 0.1) is 5.92 Å². The van der Waals surface area contributed by atoms with E-state index in [0.29, 0.717) is 0 Å². The molecule has 1 aromatic heterocycles. The summed E-state index contributed by atoms with van der Waals surface area (Å²) in [6, 6.07) is 4.31. The number of anilines is 1. The first-order chi connectivity index (χ1) is 13.7. The summed E-state index contributed by atoms with van der Waals surface area (Å²) in [5.41, 5.74) is 5.48. The Labute approximate surface area is 195 Å². The second-order valence-electron chi connectivity index (χ2n) is 7.56. The first-order valence-electron chi connectivity index (χ1n) is 10.5. The van der Waals surface area contributed by atoms with E-state index < -0.39 is 0 Å². The lowest BCUT2D eigenvalue weighted by molar-refractivity contribution is -0.123. The van der Waals surface area contributed by atoms with Gasteiger partial charge in [0.2, 0.25) is 5.91 Å². The van der Waals surface area contributed by atoms with Crippen molar-refractivity contribution >= 4 is 52.2 Å². The highest BCUT2D eigenvalue weighted by Crippen LogP contribution is 2.22. The number of carbonyl (C=O) groups excluding carboxylic acids is 1. The number of nitrogens with one attached hydrogen (secondary N) is 1. The van der Waals surface area contributed by atoms with Crippen LogP contribution in [0.2, 0.25) is 0 Å². The molecule has 29 heavy (non-hydrogen) atoms. The van der Waals surface area contributed by atoms with Crippen LogP contribution >= 0.6 is 35.3 Å². The highest BCUT2D eigenvalue weighted by atomic mass is 127. The summed E-state index contributed by atoms with van der Waals surface area (Å²) in [6.07, 6.45) is 3.01. The molecule has 3 N–H and O–H groups in total. The molecule has 0 aliphatic carbocycles. The number of likely N-dealkylation sites (tertiary alicyclic amines) is 1. The van der Waals surface area contributed by atoms with E-state index in [2.05, 4.69) is 44.5 Å². The smallest absolute Gasteiger partial charge is 0.221 e.